The van der Waals surface area contributed by atoms with Gasteiger partial charge in [0.2, 0.25) is 0 Å². The number of nitrogens with zero attached hydrogens (tertiary/aromatic N) is 1. The standard InChI is InChI=1S/C42H29N/c1-3-12-30(13-4-1)33-16-11-17-34(26-33)37-28-35(31-14-5-2-6-15-31)27-36(29-37)32-22-24-38(25-23-32)43-41-20-9-7-18-39(41)40-19-8-10-21-42(40)43/h1-29H. The Morgan fingerprint density at radius 1 is 0.256 bits per heavy atom. The highest BCUT2D eigenvalue weighted by Crippen LogP contribution is 2.36. The Balaban J connectivity index is 1.25. The lowest BCUT2D eigenvalue weighted by atomic mass is 9.92. The molecule has 0 aliphatic carbocycles. The van der Waals surface area contributed by atoms with Crippen molar-refractivity contribution in [3.05, 3.63) is 176 Å². The van der Waals surface area contributed by atoms with Gasteiger partial charge in [-0.15, -0.1) is 0 Å². The van der Waals surface area contributed by atoms with Crippen molar-refractivity contribution >= 4 is 21.8 Å². The van der Waals surface area contributed by atoms with Crippen LogP contribution in [-0.4, -0.2) is 4.57 Å². The molecule has 0 aliphatic rings. The molecule has 7 aromatic carbocycles. The average molecular weight is 548 g/mol. The zero-order valence-corrected chi connectivity index (χ0v) is 23.7. The average Bonchev–Trinajstić information content (AvgIpc) is 3.43. The van der Waals surface area contributed by atoms with Gasteiger partial charge >= 0.3 is 0 Å². The Morgan fingerprint density at radius 3 is 1.19 bits per heavy atom. The summed E-state index contributed by atoms with van der Waals surface area (Å²) in [6, 6.07) is 63.4. The Bertz CT molecular complexity index is 2150. The lowest BCUT2D eigenvalue weighted by Gasteiger charge is -2.13. The molecule has 0 aliphatic heterocycles. The van der Waals surface area contributed by atoms with Crippen LogP contribution in [0.5, 0.6) is 0 Å². The van der Waals surface area contributed by atoms with Crippen LogP contribution in [0.2, 0.25) is 0 Å². The fourth-order valence-electron chi connectivity index (χ4n) is 6.27. The molecule has 1 aromatic heterocycles. The molecule has 0 spiro atoms. The SMILES string of the molecule is c1ccc(-c2cccc(-c3cc(-c4ccccc4)cc(-c4ccc(-n5c6ccccc6c6ccccc65)cc4)c3)c2)cc1. The summed E-state index contributed by atoms with van der Waals surface area (Å²) in [5, 5.41) is 2.56. The first-order valence-corrected chi connectivity index (χ1v) is 14.8. The zero-order valence-electron chi connectivity index (χ0n) is 23.7. The molecule has 0 radical (unpaired) electrons. The first-order valence-electron chi connectivity index (χ1n) is 14.8. The van der Waals surface area contributed by atoms with Gasteiger partial charge in [-0.05, 0) is 93.0 Å². The largest absolute Gasteiger partial charge is 0.309 e. The van der Waals surface area contributed by atoms with Crippen molar-refractivity contribution in [2.45, 2.75) is 0 Å². The normalized spacial score (nSPS) is 11.3. The van der Waals surface area contributed by atoms with Gasteiger partial charge in [0.05, 0.1) is 11.0 Å². The monoisotopic (exact) mass is 547 g/mol. The number of para-hydroxylation sites is 2. The molecule has 8 aromatic rings. The van der Waals surface area contributed by atoms with E-state index < -0.39 is 0 Å². The van der Waals surface area contributed by atoms with Crippen LogP contribution in [0.1, 0.15) is 0 Å². The highest BCUT2D eigenvalue weighted by molar-refractivity contribution is 6.09. The van der Waals surface area contributed by atoms with Gasteiger partial charge in [-0.3, -0.25) is 0 Å². The van der Waals surface area contributed by atoms with E-state index in [4.69, 9.17) is 0 Å². The van der Waals surface area contributed by atoms with Crippen LogP contribution in [0.15, 0.2) is 176 Å². The van der Waals surface area contributed by atoms with Gasteiger partial charge in [0.25, 0.3) is 0 Å². The summed E-state index contributed by atoms with van der Waals surface area (Å²) in [4.78, 5) is 0. The summed E-state index contributed by atoms with van der Waals surface area (Å²) in [5.41, 5.74) is 13.3. The van der Waals surface area contributed by atoms with E-state index in [1.54, 1.807) is 0 Å². The number of rotatable bonds is 5. The van der Waals surface area contributed by atoms with E-state index >= 15 is 0 Å². The van der Waals surface area contributed by atoms with E-state index in [1.165, 1.54) is 66.3 Å². The van der Waals surface area contributed by atoms with Crippen LogP contribution >= 0.6 is 0 Å². The second-order valence-corrected chi connectivity index (χ2v) is 11.0. The van der Waals surface area contributed by atoms with Crippen LogP contribution in [0, 0.1) is 0 Å². The number of fused-ring (bicyclic) bond motifs is 3. The van der Waals surface area contributed by atoms with E-state index in [2.05, 4.69) is 180 Å². The zero-order chi connectivity index (χ0) is 28.6. The first kappa shape index (κ1) is 25.1. The number of aromatic nitrogens is 1. The molecule has 0 saturated carbocycles. The van der Waals surface area contributed by atoms with Gasteiger partial charge in [-0.25, -0.2) is 0 Å². The van der Waals surface area contributed by atoms with E-state index in [-0.39, 0.29) is 0 Å². The highest BCUT2D eigenvalue weighted by atomic mass is 15.0. The third kappa shape index (κ3) is 4.62. The predicted molar refractivity (Wildman–Crippen MR) is 183 cm³/mol. The lowest BCUT2D eigenvalue weighted by molar-refractivity contribution is 1.18. The minimum absolute atomic E-state index is 1.16. The van der Waals surface area contributed by atoms with Gasteiger partial charge < -0.3 is 4.57 Å². The van der Waals surface area contributed by atoms with E-state index in [9.17, 15) is 0 Å². The maximum Gasteiger partial charge on any atom is 0.0541 e. The van der Waals surface area contributed by atoms with Crippen LogP contribution in [0.4, 0.5) is 0 Å². The Kier molecular flexibility index (Phi) is 6.20. The van der Waals surface area contributed by atoms with Crippen molar-refractivity contribution in [3.8, 4) is 50.2 Å². The molecule has 8 rings (SSSR count). The van der Waals surface area contributed by atoms with Crippen molar-refractivity contribution in [2.75, 3.05) is 0 Å². The molecule has 1 heterocycles. The van der Waals surface area contributed by atoms with E-state index in [0.29, 0.717) is 0 Å². The molecule has 0 atom stereocenters. The molecule has 1 nitrogen and oxygen atoms in total. The summed E-state index contributed by atoms with van der Waals surface area (Å²) in [6.07, 6.45) is 0. The second kappa shape index (κ2) is 10.6. The van der Waals surface area contributed by atoms with Gasteiger partial charge in [0.15, 0.2) is 0 Å². The van der Waals surface area contributed by atoms with Crippen molar-refractivity contribution in [1.29, 1.82) is 0 Å². The van der Waals surface area contributed by atoms with Gasteiger partial charge in [-0.1, -0.05) is 127 Å². The van der Waals surface area contributed by atoms with Gasteiger partial charge in [-0.2, -0.15) is 0 Å². The summed E-state index contributed by atoms with van der Waals surface area (Å²) in [7, 11) is 0. The van der Waals surface area contributed by atoms with Crippen molar-refractivity contribution < 1.29 is 0 Å². The molecule has 0 amide bonds. The third-order valence-electron chi connectivity index (χ3n) is 8.38. The Hall–Kier alpha value is -5.66. The minimum atomic E-state index is 1.16. The number of benzene rings is 7. The lowest BCUT2D eigenvalue weighted by Crippen LogP contribution is -1.93. The fourth-order valence-corrected chi connectivity index (χ4v) is 6.27. The molecule has 0 fully saturated rings. The minimum Gasteiger partial charge on any atom is -0.309 e. The van der Waals surface area contributed by atoms with Crippen LogP contribution < -0.4 is 0 Å². The molecular formula is C42H29N. The smallest absolute Gasteiger partial charge is 0.0541 e. The topological polar surface area (TPSA) is 4.93 Å². The molecule has 0 bridgehead atoms. The van der Waals surface area contributed by atoms with Gasteiger partial charge in [0.1, 0.15) is 0 Å². The maximum absolute atomic E-state index is 2.37. The molecular weight excluding hydrogens is 518 g/mol. The summed E-state index contributed by atoms with van der Waals surface area (Å²) in [5.74, 6) is 0. The van der Waals surface area contributed by atoms with Gasteiger partial charge in [0, 0.05) is 16.5 Å². The summed E-state index contributed by atoms with van der Waals surface area (Å²) in [6.45, 7) is 0. The fraction of sp³-hybridized carbons (Fsp3) is 0. The summed E-state index contributed by atoms with van der Waals surface area (Å²) >= 11 is 0. The number of hydrogen-bond donors (Lipinski definition) is 0. The highest BCUT2D eigenvalue weighted by Gasteiger charge is 2.13. The number of hydrogen-bond acceptors (Lipinski definition) is 0. The molecule has 0 N–H and O–H groups in total. The molecule has 1 heteroatoms. The van der Waals surface area contributed by atoms with Crippen LogP contribution in [0.3, 0.4) is 0 Å². The molecule has 0 saturated heterocycles. The molecule has 202 valence electrons. The molecule has 43 heavy (non-hydrogen) atoms. The third-order valence-corrected chi connectivity index (χ3v) is 8.38. The van der Waals surface area contributed by atoms with Crippen LogP contribution in [-0.2, 0) is 0 Å². The van der Waals surface area contributed by atoms with Crippen molar-refractivity contribution in [1.82, 2.24) is 4.57 Å². The molecule has 0 unspecified atom stereocenters. The van der Waals surface area contributed by atoms with E-state index in [1.807, 2.05) is 0 Å². The first-order chi connectivity index (χ1) is 21.3. The Labute approximate surface area is 251 Å². The van der Waals surface area contributed by atoms with Crippen LogP contribution in [0.25, 0.3) is 72.0 Å². The second-order valence-electron chi connectivity index (χ2n) is 11.0. The Morgan fingerprint density at radius 2 is 0.628 bits per heavy atom. The van der Waals surface area contributed by atoms with Crippen molar-refractivity contribution in [3.63, 3.8) is 0 Å². The summed E-state index contributed by atoms with van der Waals surface area (Å²) < 4.78 is 2.37. The predicted octanol–water partition coefficient (Wildman–Crippen LogP) is 11.5. The van der Waals surface area contributed by atoms with Crippen molar-refractivity contribution in [2.24, 2.45) is 0 Å². The quantitative estimate of drug-likeness (QED) is 0.202. The maximum atomic E-state index is 2.37. The van der Waals surface area contributed by atoms with E-state index in [0.717, 1.165) is 5.69 Å².